The van der Waals surface area contributed by atoms with E-state index in [4.69, 9.17) is 11.6 Å². The molecule has 0 saturated heterocycles. The molecular formula is C14H11ClF3N5. The maximum atomic E-state index is 13.0. The van der Waals surface area contributed by atoms with Gasteiger partial charge in [0.15, 0.2) is 0 Å². The predicted octanol–water partition coefficient (Wildman–Crippen LogP) is 4.14. The zero-order valence-corrected chi connectivity index (χ0v) is 12.4. The van der Waals surface area contributed by atoms with Crippen LogP contribution in [0.15, 0.2) is 38.8 Å². The molecule has 0 spiro atoms. The minimum Gasteiger partial charge on any atom is -0.240 e. The molecule has 6 atom stereocenters. The summed E-state index contributed by atoms with van der Waals surface area (Å²) in [7, 11) is 0. The zero-order chi connectivity index (χ0) is 15.9. The molecule has 1 aromatic rings. The van der Waals surface area contributed by atoms with Gasteiger partial charge in [-0.2, -0.15) is 28.5 Å². The van der Waals surface area contributed by atoms with Gasteiger partial charge in [-0.25, -0.2) is 5.01 Å². The molecule has 0 radical (unpaired) electrons. The van der Waals surface area contributed by atoms with Crippen molar-refractivity contribution in [3.8, 4) is 0 Å². The van der Waals surface area contributed by atoms with E-state index in [-0.39, 0.29) is 40.8 Å². The van der Waals surface area contributed by atoms with Gasteiger partial charge < -0.3 is 0 Å². The third-order valence-electron chi connectivity index (χ3n) is 5.42. The van der Waals surface area contributed by atoms with E-state index in [2.05, 4.69) is 20.6 Å². The standard InChI is InChI=1S/C14H11ClF3N5/c15-8-2-1-5(14(16,17)18)3-9(8)23-13-7-4-6(12(13)21-22-23)10-11(7)20-19-10/h1-3,6-7,10-13H,4H2/t6-,7+,10+,11-,12-,13+/m0/s1. The van der Waals surface area contributed by atoms with Crippen LogP contribution in [0.5, 0.6) is 0 Å². The Morgan fingerprint density at radius 3 is 2.48 bits per heavy atom. The number of benzene rings is 1. The van der Waals surface area contributed by atoms with Crippen molar-refractivity contribution in [3.63, 3.8) is 0 Å². The Bertz CT molecular complexity index is 748. The van der Waals surface area contributed by atoms with E-state index in [0.29, 0.717) is 5.92 Å². The molecule has 0 unspecified atom stereocenters. The number of rotatable bonds is 1. The van der Waals surface area contributed by atoms with Gasteiger partial charge in [0.2, 0.25) is 0 Å². The molecule has 0 N–H and O–H groups in total. The molecule has 4 aliphatic rings. The van der Waals surface area contributed by atoms with Crippen molar-refractivity contribution in [1.82, 2.24) is 0 Å². The molecule has 23 heavy (non-hydrogen) atoms. The number of anilines is 1. The molecule has 1 aromatic carbocycles. The summed E-state index contributed by atoms with van der Waals surface area (Å²) in [5, 5.41) is 18.6. The molecule has 5 rings (SSSR count). The molecule has 0 amide bonds. The van der Waals surface area contributed by atoms with Crippen LogP contribution in [0, 0.1) is 11.8 Å². The summed E-state index contributed by atoms with van der Waals surface area (Å²) in [6, 6.07) is 3.59. The lowest BCUT2D eigenvalue weighted by molar-refractivity contribution is -0.137. The smallest absolute Gasteiger partial charge is 0.240 e. The number of halogens is 4. The molecule has 2 aliphatic carbocycles. The monoisotopic (exact) mass is 341 g/mol. The first-order valence-corrected chi connectivity index (χ1v) is 7.79. The SMILES string of the molecule is FC(F)(F)c1ccc(Cl)c(N2N=N[C@H]3[C@H]4C[C@H]([C@@H]5N=N[C@H]45)[C@H]32)c1. The summed E-state index contributed by atoms with van der Waals surface area (Å²) in [5.74, 6) is 0.527. The van der Waals surface area contributed by atoms with Crippen LogP contribution in [0.25, 0.3) is 0 Å². The molecule has 2 heterocycles. The average Bonchev–Trinajstić information content (AvgIpc) is 3.06. The maximum Gasteiger partial charge on any atom is 0.416 e. The van der Waals surface area contributed by atoms with E-state index in [9.17, 15) is 13.2 Å². The van der Waals surface area contributed by atoms with Gasteiger partial charge in [-0.3, -0.25) is 0 Å². The number of hydrogen-bond donors (Lipinski definition) is 0. The van der Waals surface area contributed by atoms with Crippen molar-refractivity contribution >= 4 is 17.3 Å². The maximum absolute atomic E-state index is 13.0. The highest BCUT2D eigenvalue weighted by atomic mass is 35.5. The molecule has 2 aliphatic heterocycles. The van der Waals surface area contributed by atoms with Gasteiger partial charge in [-0.05, 0) is 24.6 Å². The van der Waals surface area contributed by atoms with Crippen LogP contribution in [0.3, 0.4) is 0 Å². The molecule has 9 heteroatoms. The van der Waals surface area contributed by atoms with E-state index >= 15 is 0 Å². The molecule has 2 saturated carbocycles. The first-order valence-electron chi connectivity index (χ1n) is 7.42. The van der Waals surface area contributed by atoms with E-state index < -0.39 is 11.7 Å². The van der Waals surface area contributed by atoms with E-state index in [1.165, 1.54) is 6.07 Å². The van der Waals surface area contributed by atoms with Crippen LogP contribution in [-0.2, 0) is 6.18 Å². The summed E-state index contributed by atoms with van der Waals surface area (Å²) in [5.41, 5.74) is -0.474. The predicted molar refractivity (Wildman–Crippen MR) is 75.4 cm³/mol. The van der Waals surface area contributed by atoms with Crippen molar-refractivity contribution in [2.24, 2.45) is 32.4 Å². The Hall–Kier alpha value is -1.70. The Balaban J connectivity index is 1.54. The highest BCUT2D eigenvalue weighted by Crippen LogP contribution is 2.57. The summed E-state index contributed by atoms with van der Waals surface area (Å²) >= 11 is 6.15. The first-order chi connectivity index (χ1) is 10.9. The first kappa shape index (κ1) is 13.7. The van der Waals surface area contributed by atoms with Gasteiger partial charge in [0.05, 0.1) is 22.3 Å². The number of azo groups is 1. The van der Waals surface area contributed by atoms with Crippen molar-refractivity contribution in [2.75, 3.05) is 5.01 Å². The molecule has 2 fully saturated rings. The van der Waals surface area contributed by atoms with Gasteiger partial charge in [-0.15, -0.1) is 0 Å². The van der Waals surface area contributed by atoms with Crippen LogP contribution >= 0.6 is 11.6 Å². The second kappa shape index (κ2) is 4.23. The normalized spacial score (nSPS) is 39.6. The third-order valence-corrected chi connectivity index (χ3v) is 5.74. The minimum atomic E-state index is -4.42. The Morgan fingerprint density at radius 1 is 1.04 bits per heavy atom. The fraction of sp³-hybridized carbons (Fsp3) is 0.571. The molecule has 5 nitrogen and oxygen atoms in total. The topological polar surface area (TPSA) is 52.7 Å². The van der Waals surface area contributed by atoms with Gasteiger partial charge in [0.25, 0.3) is 0 Å². The Kier molecular flexibility index (Phi) is 2.52. The van der Waals surface area contributed by atoms with Gasteiger partial charge in [-0.1, -0.05) is 16.8 Å². The van der Waals surface area contributed by atoms with E-state index in [0.717, 1.165) is 18.6 Å². The third kappa shape index (κ3) is 1.70. The molecule has 0 aromatic heterocycles. The molecule has 2 bridgehead atoms. The summed E-state index contributed by atoms with van der Waals surface area (Å²) in [6.07, 6.45) is -3.47. The van der Waals surface area contributed by atoms with Gasteiger partial charge in [0, 0.05) is 11.8 Å². The lowest BCUT2D eigenvalue weighted by Gasteiger charge is -2.38. The largest absolute Gasteiger partial charge is 0.416 e. The highest BCUT2D eigenvalue weighted by Gasteiger charge is 2.65. The molecular weight excluding hydrogens is 331 g/mol. The van der Waals surface area contributed by atoms with E-state index in [1.54, 1.807) is 5.01 Å². The molecule has 120 valence electrons. The number of hydrogen-bond acceptors (Lipinski definition) is 5. The number of alkyl halides is 3. The van der Waals surface area contributed by atoms with Gasteiger partial charge in [0.1, 0.15) is 18.1 Å². The minimum absolute atomic E-state index is 0.0221. The fourth-order valence-corrected chi connectivity index (χ4v) is 4.61. The van der Waals surface area contributed by atoms with Crippen molar-refractivity contribution in [1.29, 1.82) is 0 Å². The Morgan fingerprint density at radius 2 is 1.78 bits per heavy atom. The van der Waals surface area contributed by atoms with E-state index in [1.807, 2.05) is 0 Å². The van der Waals surface area contributed by atoms with Crippen LogP contribution in [0.1, 0.15) is 12.0 Å². The van der Waals surface area contributed by atoms with Crippen LogP contribution in [0.4, 0.5) is 18.9 Å². The summed E-state index contributed by atoms with van der Waals surface area (Å²) < 4.78 is 39.0. The average molecular weight is 342 g/mol. The van der Waals surface area contributed by atoms with Crippen LogP contribution in [-0.4, -0.2) is 24.2 Å². The van der Waals surface area contributed by atoms with Crippen LogP contribution < -0.4 is 5.01 Å². The lowest BCUT2D eigenvalue weighted by atomic mass is 9.82. The fourth-order valence-electron chi connectivity index (χ4n) is 4.41. The quantitative estimate of drug-likeness (QED) is 0.757. The lowest BCUT2D eigenvalue weighted by Crippen LogP contribution is -2.52. The van der Waals surface area contributed by atoms with Gasteiger partial charge >= 0.3 is 6.18 Å². The summed E-state index contributed by atoms with van der Waals surface area (Å²) in [6.45, 7) is 0. The zero-order valence-electron chi connectivity index (χ0n) is 11.7. The van der Waals surface area contributed by atoms with Crippen molar-refractivity contribution < 1.29 is 13.2 Å². The van der Waals surface area contributed by atoms with Crippen molar-refractivity contribution in [3.05, 3.63) is 28.8 Å². The summed E-state index contributed by atoms with van der Waals surface area (Å²) in [4.78, 5) is 0. The Labute approximate surface area is 134 Å². The second-order valence-corrected chi connectivity index (χ2v) is 6.88. The number of fused-ring (bicyclic) bond motifs is 8. The van der Waals surface area contributed by atoms with Crippen molar-refractivity contribution in [2.45, 2.75) is 36.8 Å². The second-order valence-electron chi connectivity index (χ2n) is 6.47. The number of nitrogens with zero attached hydrogens (tertiary/aromatic N) is 5. The highest BCUT2D eigenvalue weighted by molar-refractivity contribution is 6.33. The van der Waals surface area contributed by atoms with Crippen LogP contribution in [0.2, 0.25) is 5.02 Å².